The third-order valence-corrected chi connectivity index (χ3v) is 0. The Bertz CT molecular complexity index is 162. The summed E-state index contributed by atoms with van der Waals surface area (Å²) in [5, 5.41) is 0. The van der Waals surface area contributed by atoms with E-state index in [1.807, 2.05) is 0 Å². The van der Waals surface area contributed by atoms with E-state index in [-0.39, 0.29) is 31.0 Å². The van der Waals surface area contributed by atoms with Gasteiger partial charge < -0.3 is 1.43 Å². The first kappa shape index (κ1) is 19.5. The second-order valence-electron chi connectivity index (χ2n) is 0.876. The van der Waals surface area contributed by atoms with Gasteiger partial charge in [0.2, 0.25) is 0 Å². The summed E-state index contributed by atoms with van der Waals surface area (Å²) in [6.07, 6.45) is 0. The van der Waals surface area contributed by atoms with Crippen LogP contribution in [0.4, 0.5) is 0 Å². The van der Waals surface area contributed by atoms with E-state index < -0.39 is 26.7 Å². The maximum Gasteiger partial charge on any atom is 1.00 e. The van der Waals surface area contributed by atoms with Gasteiger partial charge in [-0.25, -0.2) is 0 Å². The Labute approximate surface area is 106 Å². The summed E-state index contributed by atoms with van der Waals surface area (Å²) in [7, 11) is 15.5. The summed E-state index contributed by atoms with van der Waals surface area (Å²) >= 11 is -3.39. The van der Waals surface area contributed by atoms with Crippen molar-refractivity contribution in [2.75, 3.05) is 0 Å². The molecule has 0 aromatic carbocycles. The zero-order chi connectivity index (χ0) is 9.00. The summed E-state index contributed by atoms with van der Waals surface area (Å²) in [5.74, 6) is 0. The van der Waals surface area contributed by atoms with Crippen molar-refractivity contribution in [1.29, 1.82) is 0 Å². The van der Waals surface area contributed by atoms with E-state index in [1.165, 1.54) is 0 Å². The first-order chi connectivity index (χ1) is 4.00. The second-order valence-corrected chi connectivity index (χ2v) is 35.2. The van der Waals surface area contributed by atoms with Crippen LogP contribution in [0, 0.1) is 0 Å². The van der Waals surface area contributed by atoms with Gasteiger partial charge in [0.05, 0.1) is 0 Å². The Balaban J connectivity index is -0.0000000457. The van der Waals surface area contributed by atoms with E-state index >= 15 is 0 Å². The molecule has 0 atom stereocenters. The maximum absolute atomic E-state index is 8.74. The topological polar surface area (TPSA) is 74.6 Å². The molecule has 0 spiro atoms. The molecule has 0 amide bonds. The van der Waals surface area contributed by atoms with Crippen molar-refractivity contribution in [2.24, 2.45) is 0 Å². The summed E-state index contributed by atoms with van der Waals surface area (Å²) in [5.41, 5.74) is 0. The Morgan fingerprint density at radius 3 is 1.09 bits per heavy atom. The molecule has 0 heterocycles. The van der Waals surface area contributed by atoms with Gasteiger partial charge in [0.25, 0.3) is 0 Å². The number of hydrogen-bond acceptors (Lipinski definition) is 2. The Hall–Kier alpha value is 2.95. The largest absolute Gasteiger partial charge is 1.00 e. The average Bonchev–Trinajstić information content (AvgIpc) is 1.12. The molecule has 0 bridgehead atoms. The molecular formula is H3Cl4NaO4PbS. The van der Waals surface area contributed by atoms with Gasteiger partial charge in [-0.3, -0.25) is 9.11 Å². The molecule has 0 radical (unpaired) electrons. The fourth-order valence-electron chi connectivity index (χ4n) is 0. The Morgan fingerprint density at radius 2 is 1.09 bits per heavy atom. The van der Waals surface area contributed by atoms with Gasteiger partial charge in [-0.05, 0) is 0 Å². The molecule has 0 aromatic heterocycles. The van der Waals surface area contributed by atoms with Crippen LogP contribution in [-0.2, 0) is 10.4 Å². The van der Waals surface area contributed by atoms with E-state index in [0.29, 0.717) is 0 Å². The quantitative estimate of drug-likeness (QED) is 0.346. The van der Waals surface area contributed by atoms with Crippen LogP contribution in [0.15, 0.2) is 0 Å². The van der Waals surface area contributed by atoms with Gasteiger partial charge in [-0.15, -0.1) is 0 Å². The van der Waals surface area contributed by atoms with E-state index in [0.717, 1.165) is 0 Å². The first-order valence-electron chi connectivity index (χ1n) is 1.45. The minimum absolute atomic E-state index is 0. The van der Waals surface area contributed by atoms with Gasteiger partial charge in [0, 0.05) is 0 Å². The smallest absolute Gasteiger partial charge is 1.00 e. The van der Waals surface area contributed by atoms with Crippen LogP contribution in [-0.4, -0.2) is 33.8 Å². The Morgan fingerprint density at radius 1 is 1.09 bits per heavy atom. The molecule has 0 saturated carbocycles. The molecule has 0 aliphatic rings. The summed E-state index contributed by atoms with van der Waals surface area (Å²) in [4.78, 5) is 0. The summed E-state index contributed by atoms with van der Waals surface area (Å²) < 4.78 is 31.6. The van der Waals surface area contributed by atoms with Crippen LogP contribution in [0.5, 0.6) is 0 Å². The molecule has 11 heteroatoms. The van der Waals surface area contributed by atoms with Crippen LogP contribution in [0.1, 0.15) is 1.43 Å². The molecular weight excluding hydrogens is 468 g/mol. The second kappa shape index (κ2) is 8.28. The molecule has 0 rings (SSSR count). The van der Waals surface area contributed by atoms with E-state index in [2.05, 4.69) is 0 Å². The minimum Gasteiger partial charge on any atom is -1.00 e. The van der Waals surface area contributed by atoms with Crippen LogP contribution >= 0.6 is 33.3 Å². The normalized spacial score (nSPS) is 10.7. The van der Waals surface area contributed by atoms with E-state index in [9.17, 15) is 0 Å². The third-order valence-electron chi connectivity index (χ3n) is 0. The third kappa shape index (κ3) is 178. The standard InChI is InChI=1S/4ClH.Na.H2O4S.Pb.H/c;;;;;1-5(2,3)4;;/h4*1H;;(H2,1,2,3,4);;/q;;;;+1;;+4;-1/p-4. The molecule has 0 aliphatic carbocycles. The van der Waals surface area contributed by atoms with Gasteiger partial charge in [0.1, 0.15) is 0 Å². The maximum atomic E-state index is 8.74. The number of hydrogen-bond donors (Lipinski definition) is 2. The van der Waals surface area contributed by atoms with Crippen molar-refractivity contribution < 1.29 is 48.5 Å². The van der Waals surface area contributed by atoms with Crippen molar-refractivity contribution in [3.8, 4) is 0 Å². The predicted molar refractivity (Wildman–Crippen MR) is 44.5 cm³/mol. The number of halogens is 4. The predicted octanol–water partition coefficient (Wildman–Crippen LogP) is -1.16. The van der Waals surface area contributed by atoms with Crippen molar-refractivity contribution in [3.05, 3.63) is 0 Å². The number of rotatable bonds is 0. The van der Waals surface area contributed by atoms with Gasteiger partial charge in [0.15, 0.2) is 0 Å². The van der Waals surface area contributed by atoms with Crippen molar-refractivity contribution >= 4 is 59.9 Å². The van der Waals surface area contributed by atoms with Crippen LogP contribution < -0.4 is 29.6 Å². The minimum atomic E-state index is -4.67. The van der Waals surface area contributed by atoms with Gasteiger partial charge >= 0.3 is 89.5 Å². The van der Waals surface area contributed by atoms with Crippen molar-refractivity contribution in [3.63, 3.8) is 0 Å². The molecule has 0 unspecified atom stereocenters. The molecule has 4 nitrogen and oxygen atoms in total. The van der Waals surface area contributed by atoms with E-state index in [1.54, 1.807) is 0 Å². The SMILES string of the molecule is O=S(=O)(O)O.[Cl][Pb]([Cl])([Cl])[Cl].[H-].[Na+]. The van der Waals surface area contributed by atoms with Crippen molar-refractivity contribution in [2.45, 2.75) is 0 Å². The fraction of sp³-hybridized carbons (Fsp3) is 0. The molecule has 0 aliphatic heterocycles. The average molecular weight is 471 g/mol. The van der Waals surface area contributed by atoms with Crippen LogP contribution in [0.25, 0.3) is 0 Å². The fourth-order valence-corrected chi connectivity index (χ4v) is 0. The molecule has 0 aromatic rings. The summed E-state index contributed by atoms with van der Waals surface area (Å²) in [6.45, 7) is 0. The van der Waals surface area contributed by atoms with E-state index in [4.69, 9.17) is 50.8 Å². The Kier molecular flexibility index (Phi) is 14.7. The molecule has 2 N–H and O–H groups in total. The zero-order valence-corrected chi connectivity index (χ0v) is 14.9. The monoisotopic (exact) mass is 470 g/mol. The van der Waals surface area contributed by atoms with Crippen LogP contribution in [0.3, 0.4) is 0 Å². The molecule has 0 fully saturated rings. The zero-order valence-electron chi connectivity index (χ0n) is 6.13. The van der Waals surface area contributed by atoms with Crippen molar-refractivity contribution in [1.82, 2.24) is 0 Å². The van der Waals surface area contributed by atoms with Gasteiger partial charge in [-0.1, -0.05) is 0 Å². The molecule has 0 saturated heterocycles. The summed E-state index contributed by atoms with van der Waals surface area (Å²) in [6, 6.07) is 0. The first-order valence-corrected chi connectivity index (χ1v) is 22.0. The molecule has 66 valence electrons. The van der Waals surface area contributed by atoms with Crippen LogP contribution in [0.2, 0.25) is 0 Å². The molecule has 11 heavy (non-hydrogen) atoms. The van der Waals surface area contributed by atoms with Gasteiger partial charge in [-0.2, -0.15) is 8.42 Å².